The minimum Gasteiger partial charge on any atom is -0.478 e. The van der Waals surface area contributed by atoms with Crippen molar-refractivity contribution in [3.05, 3.63) is 83.4 Å². The molecule has 0 aliphatic rings. The first-order valence-corrected chi connectivity index (χ1v) is 10.8. The molecule has 0 saturated heterocycles. The second-order valence-corrected chi connectivity index (χ2v) is 7.86. The third-order valence-electron chi connectivity index (χ3n) is 5.35. The van der Waals surface area contributed by atoms with Crippen LogP contribution in [0.25, 0.3) is 22.4 Å². The first kappa shape index (κ1) is 22.7. The zero-order valence-corrected chi connectivity index (χ0v) is 18.7. The highest BCUT2D eigenvalue weighted by Crippen LogP contribution is 2.22. The highest BCUT2D eigenvalue weighted by molar-refractivity contribution is 5.99. The van der Waals surface area contributed by atoms with E-state index in [1.165, 1.54) is 24.3 Å². The molecule has 34 heavy (non-hydrogen) atoms. The van der Waals surface area contributed by atoms with E-state index in [0.717, 1.165) is 11.1 Å². The van der Waals surface area contributed by atoms with Gasteiger partial charge in [-0.1, -0.05) is 36.8 Å². The summed E-state index contributed by atoms with van der Waals surface area (Å²) in [6.45, 7) is 3.75. The van der Waals surface area contributed by atoms with Gasteiger partial charge in [0.05, 0.1) is 22.2 Å². The largest absolute Gasteiger partial charge is 0.478 e. The van der Waals surface area contributed by atoms with Crippen molar-refractivity contribution in [1.29, 1.82) is 0 Å². The van der Waals surface area contributed by atoms with Gasteiger partial charge in [-0.05, 0) is 55.8 Å². The molecule has 1 aromatic heterocycles. The fraction of sp³-hybridized carbons (Fsp3) is 0.154. The topological polar surface area (TPSA) is 121 Å². The minimum absolute atomic E-state index is 0.108. The highest BCUT2D eigenvalue weighted by atomic mass is 16.5. The van der Waals surface area contributed by atoms with E-state index in [2.05, 4.69) is 15.3 Å². The lowest BCUT2D eigenvalue weighted by Crippen LogP contribution is -2.32. The second-order valence-electron chi connectivity index (χ2n) is 7.86. The summed E-state index contributed by atoms with van der Waals surface area (Å²) in [5, 5.41) is 11.6. The fourth-order valence-corrected chi connectivity index (χ4v) is 3.42. The Morgan fingerprint density at radius 3 is 2.32 bits per heavy atom. The lowest BCUT2D eigenvalue weighted by atomic mass is 10.1. The van der Waals surface area contributed by atoms with Crippen LogP contribution >= 0.6 is 0 Å². The maximum atomic E-state index is 12.7. The average Bonchev–Trinajstić information content (AvgIpc) is 3.26. The molecule has 0 fully saturated rings. The van der Waals surface area contributed by atoms with Crippen LogP contribution in [0.1, 0.15) is 39.6 Å². The van der Waals surface area contributed by atoms with Crippen molar-refractivity contribution in [1.82, 2.24) is 9.97 Å². The van der Waals surface area contributed by atoms with Gasteiger partial charge in [0.25, 0.3) is 5.91 Å². The maximum absolute atomic E-state index is 12.7. The molecular weight excluding hydrogens is 434 g/mol. The number of esters is 1. The van der Waals surface area contributed by atoms with Gasteiger partial charge in [-0.25, -0.2) is 14.6 Å². The van der Waals surface area contributed by atoms with Crippen molar-refractivity contribution in [2.24, 2.45) is 0 Å². The molecule has 0 bridgehead atoms. The number of aromatic nitrogens is 2. The number of benzene rings is 3. The molecule has 4 rings (SSSR count). The van der Waals surface area contributed by atoms with Crippen molar-refractivity contribution >= 4 is 34.6 Å². The number of carboxylic acids is 1. The normalized spacial score (nSPS) is 11.7. The monoisotopic (exact) mass is 457 g/mol. The highest BCUT2D eigenvalue weighted by Gasteiger charge is 2.23. The van der Waals surface area contributed by atoms with E-state index in [4.69, 9.17) is 9.84 Å². The second kappa shape index (κ2) is 9.58. The zero-order chi connectivity index (χ0) is 24.2. The molecule has 0 aliphatic heterocycles. The Labute approximate surface area is 195 Å². The number of H-pyrrole nitrogens is 1. The number of nitrogens with one attached hydrogen (secondary N) is 2. The summed E-state index contributed by atoms with van der Waals surface area (Å²) in [4.78, 5) is 44.1. The maximum Gasteiger partial charge on any atom is 0.338 e. The van der Waals surface area contributed by atoms with Gasteiger partial charge in [-0.15, -0.1) is 0 Å². The first-order valence-electron chi connectivity index (χ1n) is 10.8. The number of carbonyl (C=O) groups excluding carboxylic acids is 2. The Hall–Kier alpha value is -4.46. The summed E-state index contributed by atoms with van der Waals surface area (Å²) in [5.41, 5.74) is 4.29. The Bertz CT molecular complexity index is 1360. The number of anilines is 1. The lowest BCUT2D eigenvalue weighted by molar-refractivity contribution is -0.124. The number of aryl methyl sites for hydroxylation is 1. The van der Waals surface area contributed by atoms with Crippen molar-refractivity contribution in [3.8, 4) is 11.4 Å². The molecule has 0 aliphatic carbocycles. The summed E-state index contributed by atoms with van der Waals surface area (Å²) >= 11 is 0. The van der Waals surface area contributed by atoms with Crippen LogP contribution in [0.5, 0.6) is 0 Å². The van der Waals surface area contributed by atoms with E-state index in [1.54, 1.807) is 25.1 Å². The number of carboxylic acid groups (broad SMARTS) is 1. The van der Waals surface area contributed by atoms with Crippen LogP contribution in [0, 0.1) is 6.92 Å². The fourth-order valence-electron chi connectivity index (χ4n) is 3.42. The predicted octanol–water partition coefficient (Wildman–Crippen LogP) is 4.81. The number of rotatable bonds is 7. The molecule has 0 radical (unpaired) electrons. The van der Waals surface area contributed by atoms with Crippen molar-refractivity contribution in [2.45, 2.75) is 26.4 Å². The van der Waals surface area contributed by atoms with Crippen molar-refractivity contribution in [2.75, 3.05) is 5.32 Å². The summed E-state index contributed by atoms with van der Waals surface area (Å²) in [7, 11) is 0. The molecule has 0 spiro atoms. The molecule has 172 valence electrons. The van der Waals surface area contributed by atoms with Crippen LogP contribution < -0.4 is 5.32 Å². The minimum atomic E-state index is -1.06. The van der Waals surface area contributed by atoms with Crippen molar-refractivity contribution in [3.63, 3.8) is 0 Å². The summed E-state index contributed by atoms with van der Waals surface area (Å²) in [5.74, 6) is -1.49. The van der Waals surface area contributed by atoms with E-state index in [-0.39, 0.29) is 12.0 Å². The smallest absolute Gasteiger partial charge is 0.338 e. The number of aromatic amines is 1. The van der Waals surface area contributed by atoms with Crippen molar-refractivity contribution < 1.29 is 24.2 Å². The number of amides is 1. The lowest BCUT2D eigenvalue weighted by Gasteiger charge is -2.16. The number of carbonyl (C=O) groups is 3. The Morgan fingerprint density at radius 2 is 1.68 bits per heavy atom. The van der Waals surface area contributed by atoms with Crippen LogP contribution in [0.4, 0.5) is 5.69 Å². The molecule has 8 nitrogen and oxygen atoms in total. The predicted molar refractivity (Wildman–Crippen MR) is 128 cm³/mol. The summed E-state index contributed by atoms with van der Waals surface area (Å²) in [6, 6.07) is 18.7. The summed E-state index contributed by atoms with van der Waals surface area (Å²) in [6.07, 6.45) is -0.735. The van der Waals surface area contributed by atoms with E-state index in [0.29, 0.717) is 28.1 Å². The molecule has 1 atom stereocenters. The van der Waals surface area contributed by atoms with E-state index >= 15 is 0 Å². The third-order valence-corrected chi connectivity index (χ3v) is 5.35. The van der Waals surface area contributed by atoms with Gasteiger partial charge in [0.15, 0.2) is 6.10 Å². The Morgan fingerprint density at radius 1 is 1.00 bits per heavy atom. The van der Waals surface area contributed by atoms with Crippen LogP contribution in [-0.4, -0.2) is 39.0 Å². The number of nitrogens with zero attached hydrogens (tertiary/aromatic N) is 1. The van der Waals surface area contributed by atoms with Gasteiger partial charge in [-0.3, -0.25) is 4.79 Å². The van der Waals surface area contributed by atoms with Crippen LogP contribution in [0.2, 0.25) is 0 Å². The molecule has 8 heteroatoms. The molecular formula is C26H23N3O5. The van der Waals surface area contributed by atoms with E-state index in [1.807, 2.05) is 31.2 Å². The number of hydrogen-bond donors (Lipinski definition) is 3. The molecule has 0 saturated carbocycles. The third kappa shape index (κ3) is 4.96. The molecule has 4 aromatic rings. The molecule has 1 unspecified atom stereocenters. The number of imidazole rings is 1. The van der Waals surface area contributed by atoms with Gasteiger partial charge >= 0.3 is 11.9 Å². The zero-order valence-electron chi connectivity index (χ0n) is 18.7. The van der Waals surface area contributed by atoms with Crippen LogP contribution in [0.15, 0.2) is 66.7 Å². The average molecular weight is 457 g/mol. The molecule has 1 heterocycles. The van der Waals surface area contributed by atoms with E-state index in [9.17, 15) is 14.4 Å². The van der Waals surface area contributed by atoms with Gasteiger partial charge in [0.1, 0.15) is 5.82 Å². The van der Waals surface area contributed by atoms with Crippen LogP contribution in [0.3, 0.4) is 0 Å². The Kier molecular flexibility index (Phi) is 6.40. The SMILES string of the molecule is CCC(OC(=O)c1ccc2nc(-c3ccc(C)cc3)[nH]c2c1)C(=O)Nc1ccc(C(=O)O)cc1. The van der Waals surface area contributed by atoms with Gasteiger partial charge in [-0.2, -0.15) is 0 Å². The molecule has 1 amide bonds. The Balaban J connectivity index is 1.46. The van der Waals surface area contributed by atoms with Crippen LogP contribution in [-0.2, 0) is 9.53 Å². The summed E-state index contributed by atoms with van der Waals surface area (Å²) < 4.78 is 5.46. The number of fused-ring (bicyclic) bond motifs is 1. The first-order chi connectivity index (χ1) is 16.3. The quantitative estimate of drug-likeness (QED) is 0.343. The molecule has 3 aromatic carbocycles. The number of aromatic carboxylic acids is 1. The van der Waals surface area contributed by atoms with E-state index < -0.39 is 23.9 Å². The standard InChI is InChI=1S/C26H23N3O5/c1-3-22(24(30)27-19-11-8-17(9-12-19)25(31)32)34-26(33)18-10-13-20-21(14-18)29-23(28-20)16-6-4-15(2)5-7-16/h4-14,22H,3H2,1-2H3,(H,27,30)(H,28,29)(H,31,32). The molecule has 3 N–H and O–H groups in total. The number of hydrogen-bond acceptors (Lipinski definition) is 5. The number of ether oxygens (including phenoxy) is 1. The van der Waals surface area contributed by atoms with Gasteiger partial charge in [0.2, 0.25) is 0 Å². The van der Waals surface area contributed by atoms with Gasteiger partial charge < -0.3 is 20.1 Å². The van der Waals surface area contributed by atoms with Gasteiger partial charge in [0, 0.05) is 11.3 Å².